The maximum Gasteiger partial charge on any atom is 0.253 e. The molecule has 1 aliphatic rings. The van der Waals surface area contributed by atoms with Crippen LogP contribution in [0.5, 0.6) is 0 Å². The Morgan fingerprint density at radius 1 is 1.32 bits per heavy atom. The number of carbonyl (C=O) groups excluding carboxylic acids is 1. The van der Waals surface area contributed by atoms with Gasteiger partial charge in [0.15, 0.2) is 5.16 Å². The average molecular weight is 401 g/mol. The average Bonchev–Trinajstić information content (AvgIpc) is 2.68. The number of nitrogens with zero attached hydrogens (tertiary/aromatic N) is 2. The first-order chi connectivity index (χ1) is 13.4. The van der Waals surface area contributed by atoms with Crippen LogP contribution in [0.4, 0.5) is 11.5 Å². The van der Waals surface area contributed by atoms with Crippen molar-refractivity contribution in [3.8, 4) is 0 Å². The van der Waals surface area contributed by atoms with Crippen molar-refractivity contribution in [2.24, 2.45) is 5.73 Å². The molecule has 1 aromatic carbocycles. The van der Waals surface area contributed by atoms with Crippen molar-refractivity contribution in [1.82, 2.24) is 9.97 Å². The van der Waals surface area contributed by atoms with Gasteiger partial charge in [-0.2, -0.15) is 0 Å². The number of anilines is 2. The molecule has 1 aliphatic heterocycles. The number of hydrogen-bond donors (Lipinski definition) is 4. The maximum atomic E-state index is 12.0. The van der Waals surface area contributed by atoms with Crippen LogP contribution >= 0.6 is 11.8 Å². The highest BCUT2D eigenvalue weighted by Crippen LogP contribution is 2.23. The Morgan fingerprint density at radius 3 is 2.79 bits per heavy atom. The van der Waals surface area contributed by atoms with E-state index in [9.17, 15) is 9.59 Å². The van der Waals surface area contributed by atoms with Gasteiger partial charge in [-0.05, 0) is 50.1 Å². The van der Waals surface area contributed by atoms with Crippen molar-refractivity contribution < 1.29 is 4.79 Å². The van der Waals surface area contributed by atoms with Crippen LogP contribution in [0, 0.1) is 5.41 Å². The summed E-state index contributed by atoms with van der Waals surface area (Å²) in [5.74, 6) is 0.355. The number of H-pyrrole nitrogens is 1. The summed E-state index contributed by atoms with van der Waals surface area (Å²) >= 11 is 1.08. The first kappa shape index (κ1) is 20.1. The number of rotatable bonds is 5. The molecule has 148 valence electrons. The van der Waals surface area contributed by atoms with Crippen molar-refractivity contribution in [3.05, 3.63) is 46.2 Å². The topological polar surface area (TPSA) is 128 Å². The van der Waals surface area contributed by atoms with Gasteiger partial charge in [0.05, 0.1) is 6.04 Å². The highest BCUT2D eigenvalue weighted by molar-refractivity contribution is 8.14. The first-order valence-electron chi connectivity index (χ1n) is 9.22. The van der Waals surface area contributed by atoms with E-state index in [1.54, 1.807) is 31.2 Å². The molecule has 3 rings (SSSR count). The second-order valence-electron chi connectivity index (χ2n) is 6.75. The molecule has 8 nitrogen and oxygen atoms in total. The minimum atomic E-state index is -0.621. The van der Waals surface area contributed by atoms with Gasteiger partial charge in [-0.3, -0.25) is 15.0 Å². The highest BCUT2D eigenvalue weighted by atomic mass is 32.2. The minimum Gasteiger partial charge on any atom is -0.356 e. The van der Waals surface area contributed by atoms with E-state index >= 15 is 0 Å². The van der Waals surface area contributed by atoms with Gasteiger partial charge in [-0.25, -0.2) is 4.98 Å². The number of hydrogen-bond acceptors (Lipinski definition) is 7. The molecule has 1 atom stereocenters. The van der Waals surface area contributed by atoms with Gasteiger partial charge in [-0.1, -0.05) is 12.1 Å². The van der Waals surface area contributed by atoms with Gasteiger partial charge < -0.3 is 20.9 Å². The van der Waals surface area contributed by atoms with E-state index in [-0.39, 0.29) is 16.5 Å². The van der Waals surface area contributed by atoms with Crippen LogP contribution in [0.15, 0.2) is 40.3 Å². The largest absolute Gasteiger partial charge is 0.356 e. The molecular weight excluding hydrogens is 376 g/mol. The lowest BCUT2D eigenvalue weighted by atomic mass is 10.1. The van der Waals surface area contributed by atoms with E-state index in [2.05, 4.69) is 20.2 Å². The zero-order valence-corrected chi connectivity index (χ0v) is 16.5. The lowest BCUT2D eigenvalue weighted by Crippen LogP contribution is -2.32. The first-order valence-corrected chi connectivity index (χ1v) is 10.0. The Kier molecular flexibility index (Phi) is 6.48. The van der Waals surface area contributed by atoms with E-state index in [1.807, 2.05) is 0 Å². The van der Waals surface area contributed by atoms with Crippen molar-refractivity contribution >= 4 is 34.2 Å². The van der Waals surface area contributed by atoms with E-state index in [1.165, 1.54) is 12.5 Å². The van der Waals surface area contributed by atoms with Crippen LogP contribution in [0.2, 0.25) is 0 Å². The third-order valence-electron chi connectivity index (χ3n) is 4.39. The zero-order chi connectivity index (χ0) is 20.1. The van der Waals surface area contributed by atoms with Gasteiger partial charge in [0.25, 0.3) is 5.56 Å². The molecule has 1 amide bonds. The van der Waals surface area contributed by atoms with Crippen molar-refractivity contribution in [3.63, 3.8) is 0 Å². The van der Waals surface area contributed by atoms with Crippen LogP contribution in [-0.4, -0.2) is 40.1 Å². The highest BCUT2D eigenvalue weighted by Gasteiger charge is 2.15. The molecule has 0 spiro atoms. The van der Waals surface area contributed by atoms with E-state index < -0.39 is 6.04 Å². The molecule has 0 unspecified atom stereocenters. The number of aromatic nitrogens is 2. The summed E-state index contributed by atoms with van der Waals surface area (Å²) in [5, 5.41) is 11.7. The quantitative estimate of drug-likeness (QED) is 0.264. The molecule has 9 heteroatoms. The van der Waals surface area contributed by atoms with Gasteiger partial charge in [0.1, 0.15) is 10.9 Å². The summed E-state index contributed by atoms with van der Waals surface area (Å²) in [5.41, 5.74) is 6.51. The molecule has 28 heavy (non-hydrogen) atoms. The van der Waals surface area contributed by atoms with Crippen LogP contribution in [0.1, 0.15) is 31.7 Å². The normalized spacial score (nSPS) is 15.1. The van der Waals surface area contributed by atoms with Gasteiger partial charge in [-0.15, -0.1) is 0 Å². The number of nitrogens with two attached hydrogens (primary N) is 1. The third kappa shape index (κ3) is 5.20. The standard InChI is InChI=1S/C19H24N6O2S/c1-12(20)18(27)22-14-7-5-6-13(10-14)17(21)28-19-23-15(11-16(26)24-19)25-8-3-2-4-9-25/h5-7,10-12,21H,2-4,8-9,20H2,1H3,(H,22,27)(H,23,24,26)/t12-/m0/s1. The van der Waals surface area contributed by atoms with Gasteiger partial charge in [0, 0.05) is 30.4 Å². The number of benzene rings is 1. The predicted octanol–water partition coefficient (Wildman–Crippen LogP) is 2.16. The smallest absolute Gasteiger partial charge is 0.253 e. The van der Waals surface area contributed by atoms with E-state index in [0.717, 1.165) is 37.7 Å². The lowest BCUT2D eigenvalue weighted by molar-refractivity contribution is -0.117. The molecule has 0 saturated carbocycles. The Balaban J connectivity index is 1.75. The summed E-state index contributed by atoms with van der Waals surface area (Å²) in [6.45, 7) is 3.38. The van der Waals surface area contributed by atoms with Crippen LogP contribution in [0.25, 0.3) is 0 Å². The van der Waals surface area contributed by atoms with Crippen LogP contribution < -0.4 is 21.5 Å². The molecule has 1 fully saturated rings. The molecule has 1 aromatic heterocycles. The van der Waals surface area contributed by atoms with E-state index in [4.69, 9.17) is 11.1 Å². The lowest BCUT2D eigenvalue weighted by Gasteiger charge is -2.27. The number of nitrogens with one attached hydrogen (secondary N) is 3. The molecule has 0 bridgehead atoms. The van der Waals surface area contributed by atoms with E-state index in [0.29, 0.717) is 22.2 Å². The Labute approximate surface area is 167 Å². The molecular formula is C19H24N6O2S. The molecule has 1 saturated heterocycles. The summed E-state index contributed by atoms with van der Waals surface area (Å²) in [6, 6.07) is 7.83. The SMILES string of the molecule is C[C@H](N)C(=O)Nc1cccc(C(=N)Sc2nc(N3CCCCC3)cc(=O)[nH]2)c1. The third-order valence-corrected chi connectivity index (χ3v) is 5.22. The molecule has 5 N–H and O–H groups in total. The number of thioether (sulfide) groups is 1. The van der Waals surface area contributed by atoms with Crippen LogP contribution in [0.3, 0.4) is 0 Å². The maximum absolute atomic E-state index is 12.0. The molecule has 2 heterocycles. The fourth-order valence-corrected chi connectivity index (χ4v) is 3.64. The monoisotopic (exact) mass is 400 g/mol. The van der Waals surface area contributed by atoms with Crippen molar-refractivity contribution in [2.75, 3.05) is 23.3 Å². The summed E-state index contributed by atoms with van der Waals surface area (Å²) in [4.78, 5) is 33.1. The fourth-order valence-electron chi connectivity index (χ4n) is 2.91. The molecule has 0 radical (unpaired) electrons. The minimum absolute atomic E-state index is 0.218. The van der Waals surface area contributed by atoms with Crippen LogP contribution in [-0.2, 0) is 4.79 Å². The number of carbonyl (C=O) groups is 1. The number of piperidine rings is 1. The fraction of sp³-hybridized carbons (Fsp3) is 0.368. The zero-order valence-electron chi connectivity index (χ0n) is 15.7. The summed E-state index contributed by atoms with van der Waals surface area (Å²) in [7, 11) is 0. The predicted molar refractivity (Wildman–Crippen MR) is 112 cm³/mol. The molecule has 2 aromatic rings. The van der Waals surface area contributed by atoms with Gasteiger partial charge in [0.2, 0.25) is 5.91 Å². The second-order valence-corrected chi connectivity index (χ2v) is 7.75. The van der Waals surface area contributed by atoms with Crippen molar-refractivity contribution in [2.45, 2.75) is 37.4 Å². The Hall–Kier alpha value is -2.65. The Bertz CT molecular complexity index is 921. The Morgan fingerprint density at radius 2 is 2.07 bits per heavy atom. The number of amides is 1. The summed E-state index contributed by atoms with van der Waals surface area (Å²) in [6.07, 6.45) is 3.38. The van der Waals surface area contributed by atoms with Crippen molar-refractivity contribution in [1.29, 1.82) is 5.41 Å². The second kappa shape index (κ2) is 9.03. The van der Waals surface area contributed by atoms with Gasteiger partial charge >= 0.3 is 0 Å². The number of aromatic amines is 1. The molecule has 0 aliphatic carbocycles. The summed E-state index contributed by atoms with van der Waals surface area (Å²) < 4.78 is 0.